The predicted molar refractivity (Wildman–Crippen MR) is 161 cm³/mol. The maximum atomic E-state index is 14.3. The van der Waals surface area contributed by atoms with E-state index in [0.717, 1.165) is 9.14 Å². The zero-order chi connectivity index (χ0) is 28.6. The number of imide groups is 2. The molecule has 0 aromatic heterocycles. The first-order chi connectivity index (χ1) is 19.7. The summed E-state index contributed by atoms with van der Waals surface area (Å²) in [6.45, 7) is 1.85. The number of phenolic OH excluding ortho intramolecular Hbond substituents is 1. The molecule has 3 aromatic rings. The van der Waals surface area contributed by atoms with E-state index in [-0.39, 0.29) is 29.4 Å². The molecule has 0 spiro atoms. The molecule has 7 rings (SSSR count). The van der Waals surface area contributed by atoms with Crippen LogP contribution in [0.25, 0.3) is 0 Å². The van der Waals surface area contributed by atoms with Gasteiger partial charge in [-0.2, -0.15) is 0 Å². The second-order valence-corrected chi connectivity index (χ2v) is 12.8. The molecule has 2 saturated heterocycles. The maximum absolute atomic E-state index is 14.3. The number of allylic oxidation sites excluding steroid dienone is 2. The summed E-state index contributed by atoms with van der Waals surface area (Å²) in [7, 11) is 0. The molecule has 2 aliphatic carbocycles. The lowest BCUT2D eigenvalue weighted by Crippen LogP contribution is -2.48. The van der Waals surface area contributed by atoms with Crippen LogP contribution in [0.5, 0.6) is 5.75 Å². The van der Waals surface area contributed by atoms with Crippen molar-refractivity contribution in [2.24, 2.45) is 29.1 Å². The number of carbonyl (C=O) groups is 4. The first kappa shape index (κ1) is 26.1. The first-order valence-electron chi connectivity index (χ1n) is 13.8. The normalized spacial score (nSPS) is 30.7. The molecule has 0 unspecified atom stereocenters. The molecule has 7 nitrogen and oxygen atoms in total. The third-order valence-electron chi connectivity index (χ3n) is 9.58. The molecule has 6 atom stereocenters. The number of benzene rings is 3. The average Bonchev–Trinajstić information content (AvgIpc) is 3.33. The van der Waals surface area contributed by atoms with Crippen molar-refractivity contribution in [3.8, 4) is 5.75 Å². The van der Waals surface area contributed by atoms with Gasteiger partial charge in [-0.3, -0.25) is 24.1 Å². The van der Waals surface area contributed by atoms with E-state index < -0.39 is 35.0 Å². The second-order valence-electron chi connectivity index (χ2n) is 11.6. The van der Waals surface area contributed by atoms with Crippen molar-refractivity contribution in [3.63, 3.8) is 0 Å². The lowest BCUT2D eigenvalue weighted by molar-refractivity contribution is -0.131. The molecular weight excluding hydrogens is 631 g/mol. The van der Waals surface area contributed by atoms with Gasteiger partial charge < -0.3 is 5.11 Å². The lowest BCUT2D eigenvalue weighted by Gasteiger charge is -2.49. The van der Waals surface area contributed by atoms with Crippen LogP contribution >= 0.6 is 22.6 Å². The van der Waals surface area contributed by atoms with Crippen molar-refractivity contribution in [3.05, 3.63) is 99.6 Å². The lowest BCUT2D eigenvalue weighted by atomic mass is 9.51. The van der Waals surface area contributed by atoms with E-state index in [1.807, 2.05) is 37.3 Å². The fraction of sp³-hybridized carbons (Fsp3) is 0.273. The zero-order valence-corrected chi connectivity index (χ0v) is 24.4. The highest BCUT2D eigenvalue weighted by Crippen LogP contribution is 2.63. The standard InChI is InChI=1S/C33H27IN2O5/c1-33-26(30(39)36(32(33)41)20-7-3-2-4-8-20)17-25-23(28(33)18-6-5-9-22(37)16-18)14-15-24-27(25)31(40)35(29(24)38)21-12-10-19(34)11-13-21/h2-14,16,24-28,37H,15,17H2,1H3/t24-,25+,26-,27-,28-,33+/m0/s1. The number of rotatable bonds is 3. The number of carbonyl (C=O) groups excluding carboxylic acids is 4. The number of phenols is 1. The summed E-state index contributed by atoms with van der Waals surface area (Å²) < 4.78 is 1.000. The number of anilines is 2. The summed E-state index contributed by atoms with van der Waals surface area (Å²) in [4.78, 5) is 58.7. The van der Waals surface area contributed by atoms with E-state index in [9.17, 15) is 24.3 Å². The molecule has 0 bridgehead atoms. The third kappa shape index (κ3) is 3.69. The number of halogens is 1. The summed E-state index contributed by atoms with van der Waals surface area (Å²) in [5, 5.41) is 10.4. The van der Waals surface area contributed by atoms with Crippen molar-refractivity contribution in [1.82, 2.24) is 0 Å². The summed E-state index contributed by atoms with van der Waals surface area (Å²) in [5.74, 6) is -3.78. The highest BCUT2D eigenvalue weighted by Gasteiger charge is 2.67. The minimum absolute atomic E-state index is 0.0627. The minimum atomic E-state index is -1.13. The summed E-state index contributed by atoms with van der Waals surface area (Å²) in [6, 6.07) is 23.0. The molecule has 2 heterocycles. The molecule has 3 aromatic carbocycles. The Morgan fingerprint density at radius 2 is 1.51 bits per heavy atom. The highest BCUT2D eigenvalue weighted by atomic mass is 127. The molecule has 8 heteroatoms. The van der Waals surface area contributed by atoms with Gasteiger partial charge in [-0.1, -0.05) is 42.0 Å². The number of para-hydroxylation sites is 1. The van der Waals surface area contributed by atoms with Crippen LogP contribution in [0.15, 0.2) is 90.5 Å². The molecule has 4 aliphatic rings. The molecule has 2 aliphatic heterocycles. The van der Waals surface area contributed by atoms with Crippen molar-refractivity contribution >= 4 is 57.6 Å². The highest BCUT2D eigenvalue weighted by molar-refractivity contribution is 14.1. The Bertz CT molecular complexity index is 1650. The van der Waals surface area contributed by atoms with Crippen LogP contribution in [0.2, 0.25) is 0 Å². The number of hydrogen-bond donors (Lipinski definition) is 1. The Morgan fingerprint density at radius 3 is 2.22 bits per heavy atom. The summed E-state index contributed by atoms with van der Waals surface area (Å²) in [6.07, 6.45) is 2.70. The van der Waals surface area contributed by atoms with Crippen LogP contribution in [-0.4, -0.2) is 28.7 Å². The Hall–Kier alpha value is -3.79. The summed E-state index contributed by atoms with van der Waals surface area (Å²) in [5.41, 5.74) is 1.55. The zero-order valence-electron chi connectivity index (χ0n) is 22.2. The molecule has 206 valence electrons. The van der Waals surface area contributed by atoms with Gasteiger partial charge in [0.15, 0.2) is 0 Å². The number of hydrogen-bond acceptors (Lipinski definition) is 5. The maximum Gasteiger partial charge on any atom is 0.241 e. The number of nitrogens with zero attached hydrogens (tertiary/aromatic N) is 2. The van der Waals surface area contributed by atoms with E-state index >= 15 is 0 Å². The van der Waals surface area contributed by atoms with Gasteiger partial charge in [0.25, 0.3) is 0 Å². The van der Waals surface area contributed by atoms with Crippen molar-refractivity contribution in [2.75, 3.05) is 9.80 Å². The third-order valence-corrected chi connectivity index (χ3v) is 10.3. The van der Waals surface area contributed by atoms with Gasteiger partial charge >= 0.3 is 0 Å². The van der Waals surface area contributed by atoms with Crippen molar-refractivity contribution < 1.29 is 24.3 Å². The molecule has 4 amide bonds. The van der Waals surface area contributed by atoms with Crippen molar-refractivity contribution in [1.29, 1.82) is 0 Å². The smallest absolute Gasteiger partial charge is 0.241 e. The fourth-order valence-electron chi connectivity index (χ4n) is 7.77. The molecule has 3 fully saturated rings. The molecular formula is C33H27IN2O5. The van der Waals surface area contributed by atoms with E-state index in [0.29, 0.717) is 29.8 Å². The monoisotopic (exact) mass is 658 g/mol. The second kappa shape index (κ2) is 9.37. The Kier molecular flexibility index (Phi) is 5.97. The van der Waals surface area contributed by atoms with Gasteiger partial charge in [-0.15, -0.1) is 0 Å². The first-order valence-corrected chi connectivity index (χ1v) is 14.9. The minimum Gasteiger partial charge on any atom is -0.508 e. The predicted octanol–water partition coefficient (Wildman–Crippen LogP) is 5.43. The van der Waals surface area contributed by atoms with Crippen LogP contribution in [-0.2, 0) is 19.2 Å². The van der Waals surface area contributed by atoms with Crippen molar-refractivity contribution in [2.45, 2.75) is 25.7 Å². The molecule has 41 heavy (non-hydrogen) atoms. The molecule has 1 saturated carbocycles. The average molecular weight is 658 g/mol. The number of amides is 4. The van der Waals surface area contributed by atoms with E-state index in [4.69, 9.17) is 0 Å². The van der Waals surface area contributed by atoms with Gasteiger partial charge in [0, 0.05) is 9.49 Å². The summed E-state index contributed by atoms with van der Waals surface area (Å²) >= 11 is 2.18. The van der Waals surface area contributed by atoms with Crippen LogP contribution in [0.4, 0.5) is 11.4 Å². The Balaban J connectivity index is 1.36. The van der Waals surface area contributed by atoms with E-state index in [1.165, 1.54) is 9.80 Å². The van der Waals surface area contributed by atoms with Crippen LogP contribution in [0.3, 0.4) is 0 Å². The number of aromatic hydroxyl groups is 1. The van der Waals surface area contributed by atoms with Gasteiger partial charge in [0.2, 0.25) is 23.6 Å². The molecule has 1 N–H and O–H groups in total. The quantitative estimate of drug-likeness (QED) is 0.230. The van der Waals surface area contributed by atoms with E-state index in [1.54, 1.807) is 54.6 Å². The van der Waals surface area contributed by atoms with E-state index in [2.05, 4.69) is 22.6 Å². The number of fused-ring (bicyclic) bond motifs is 4. The Labute approximate surface area is 251 Å². The Morgan fingerprint density at radius 1 is 0.805 bits per heavy atom. The fourth-order valence-corrected chi connectivity index (χ4v) is 8.13. The SMILES string of the molecule is C[C@@]12C(=O)N(c3ccccc3)C(=O)[C@@H]1C[C@@H]1C(=CC[C@@H]3C(=O)N(c4ccc(I)cc4)C(=O)[C@@H]31)[C@@H]2c1cccc(O)c1. The van der Waals surface area contributed by atoms with Gasteiger partial charge in [0.05, 0.1) is 34.5 Å². The van der Waals surface area contributed by atoms with Gasteiger partial charge in [0.1, 0.15) is 5.75 Å². The van der Waals surface area contributed by atoms with Crippen LogP contribution < -0.4 is 9.80 Å². The topological polar surface area (TPSA) is 95.0 Å². The largest absolute Gasteiger partial charge is 0.508 e. The van der Waals surface area contributed by atoms with Crippen LogP contribution in [0, 0.1) is 32.7 Å². The molecule has 0 radical (unpaired) electrons. The van der Waals surface area contributed by atoms with Gasteiger partial charge in [-0.25, -0.2) is 4.90 Å². The van der Waals surface area contributed by atoms with Gasteiger partial charge in [-0.05, 0) is 102 Å². The van der Waals surface area contributed by atoms with Crippen LogP contribution in [0.1, 0.15) is 31.2 Å².